The highest BCUT2D eigenvalue weighted by atomic mass is 16.5. The van der Waals surface area contributed by atoms with Crippen LogP contribution in [0.3, 0.4) is 0 Å². The molecular formula is C9H19NO. The van der Waals surface area contributed by atoms with Crippen LogP contribution in [0.5, 0.6) is 0 Å². The molecule has 0 radical (unpaired) electrons. The van der Waals surface area contributed by atoms with Crippen LogP contribution in [0, 0.1) is 0 Å². The van der Waals surface area contributed by atoms with E-state index in [9.17, 15) is 0 Å². The van der Waals surface area contributed by atoms with Crippen LogP contribution in [0.1, 0.15) is 32.6 Å². The average molecular weight is 157 g/mol. The maximum absolute atomic E-state index is 5.73. The SMILES string of the molecule is CCOC1(CCNC)CCC1. The standard InChI is InChI=1S/C9H19NO/c1-3-11-9(5-4-6-9)7-8-10-2/h10H,3-8H2,1-2H3. The van der Waals surface area contributed by atoms with Crippen molar-refractivity contribution in [3.05, 3.63) is 0 Å². The van der Waals surface area contributed by atoms with Crippen LogP contribution >= 0.6 is 0 Å². The first-order valence-electron chi connectivity index (χ1n) is 4.61. The zero-order valence-corrected chi connectivity index (χ0v) is 7.65. The molecule has 2 nitrogen and oxygen atoms in total. The van der Waals surface area contributed by atoms with E-state index >= 15 is 0 Å². The zero-order valence-electron chi connectivity index (χ0n) is 7.65. The van der Waals surface area contributed by atoms with E-state index in [1.165, 1.54) is 25.7 Å². The number of hydrogen-bond donors (Lipinski definition) is 1. The molecule has 2 heteroatoms. The molecule has 66 valence electrons. The van der Waals surface area contributed by atoms with Crippen LogP contribution in [0.4, 0.5) is 0 Å². The number of ether oxygens (including phenoxy) is 1. The summed E-state index contributed by atoms with van der Waals surface area (Å²) in [6.07, 6.45) is 5.06. The molecule has 0 aromatic rings. The van der Waals surface area contributed by atoms with Gasteiger partial charge in [0.2, 0.25) is 0 Å². The molecule has 0 unspecified atom stereocenters. The van der Waals surface area contributed by atoms with Crippen LogP contribution in [-0.4, -0.2) is 25.8 Å². The molecule has 0 aliphatic heterocycles. The second kappa shape index (κ2) is 4.07. The Hall–Kier alpha value is -0.0800. The van der Waals surface area contributed by atoms with E-state index in [1.807, 2.05) is 7.05 Å². The fourth-order valence-electron chi connectivity index (χ4n) is 1.70. The number of hydrogen-bond acceptors (Lipinski definition) is 2. The molecule has 1 fully saturated rings. The van der Waals surface area contributed by atoms with E-state index in [-0.39, 0.29) is 5.60 Å². The van der Waals surface area contributed by atoms with Gasteiger partial charge in [-0.3, -0.25) is 0 Å². The van der Waals surface area contributed by atoms with Crippen molar-refractivity contribution in [2.45, 2.75) is 38.2 Å². The van der Waals surface area contributed by atoms with Gasteiger partial charge in [0.1, 0.15) is 0 Å². The molecule has 0 aromatic carbocycles. The van der Waals surface area contributed by atoms with Crippen molar-refractivity contribution in [2.75, 3.05) is 20.2 Å². The molecule has 0 amide bonds. The van der Waals surface area contributed by atoms with Gasteiger partial charge in [-0.1, -0.05) is 0 Å². The fourth-order valence-corrected chi connectivity index (χ4v) is 1.70. The molecular weight excluding hydrogens is 138 g/mol. The lowest BCUT2D eigenvalue weighted by Crippen LogP contribution is -2.42. The summed E-state index contributed by atoms with van der Waals surface area (Å²) in [6.45, 7) is 4.03. The van der Waals surface area contributed by atoms with Gasteiger partial charge in [-0.25, -0.2) is 0 Å². The lowest BCUT2D eigenvalue weighted by molar-refractivity contribution is -0.0990. The minimum atomic E-state index is 0.262. The van der Waals surface area contributed by atoms with Gasteiger partial charge in [0, 0.05) is 6.61 Å². The van der Waals surface area contributed by atoms with Crippen molar-refractivity contribution < 1.29 is 4.74 Å². The van der Waals surface area contributed by atoms with E-state index in [0.29, 0.717) is 0 Å². The second-order valence-electron chi connectivity index (χ2n) is 3.32. The smallest absolute Gasteiger partial charge is 0.0694 e. The lowest BCUT2D eigenvalue weighted by Gasteiger charge is -2.41. The Kier molecular flexibility index (Phi) is 3.34. The Morgan fingerprint density at radius 1 is 1.45 bits per heavy atom. The molecule has 1 rings (SSSR count). The molecule has 0 aromatic heterocycles. The van der Waals surface area contributed by atoms with Crippen molar-refractivity contribution in [3.8, 4) is 0 Å². The summed E-state index contributed by atoms with van der Waals surface area (Å²) in [5.74, 6) is 0. The molecule has 1 aliphatic rings. The number of nitrogens with one attached hydrogen (secondary N) is 1. The van der Waals surface area contributed by atoms with Gasteiger partial charge in [0.05, 0.1) is 5.60 Å². The van der Waals surface area contributed by atoms with Gasteiger partial charge in [0.15, 0.2) is 0 Å². The third kappa shape index (κ3) is 2.17. The maximum atomic E-state index is 5.73. The first-order chi connectivity index (χ1) is 5.33. The summed E-state index contributed by atoms with van der Waals surface area (Å²) < 4.78 is 5.73. The van der Waals surface area contributed by atoms with Crippen LogP contribution in [-0.2, 0) is 4.74 Å². The second-order valence-corrected chi connectivity index (χ2v) is 3.32. The Bertz CT molecular complexity index is 110. The Morgan fingerprint density at radius 3 is 2.55 bits per heavy atom. The molecule has 11 heavy (non-hydrogen) atoms. The molecule has 0 saturated heterocycles. The molecule has 1 aliphatic carbocycles. The topological polar surface area (TPSA) is 21.3 Å². The maximum Gasteiger partial charge on any atom is 0.0694 e. The quantitative estimate of drug-likeness (QED) is 0.654. The predicted molar refractivity (Wildman–Crippen MR) is 46.8 cm³/mol. The van der Waals surface area contributed by atoms with Crippen LogP contribution in [0.25, 0.3) is 0 Å². The monoisotopic (exact) mass is 157 g/mol. The Labute approximate surface area is 69.3 Å². The highest BCUT2D eigenvalue weighted by molar-refractivity contribution is 4.89. The van der Waals surface area contributed by atoms with Crippen molar-refractivity contribution in [1.29, 1.82) is 0 Å². The summed E-state index contributed by atoms with van der Waals surface area (Å²) in [5, 5.41) is 3.17. The predicted octanol–water partition coefficient (Wildman–Crippen LogP) is 1.56. The number of rotatable bonds is 5. The van der Waals surface area contributed by atoms with Gasteiger partial charge in [-0.15, -0.1) is 0 Å². The van der Waals surface area contributed by atoms with Crippen LogP contribution < -0.4 is 5.32 Å². The van der Waals surface area contributed by atoms with Crippen molar-refractivity contribution >= 4 is 0 Å². The van der Waals surface area contributed by atoms with Crippen LogP contribution in [0.15, 0.2) is 0 Å². The summed E-state index contributed by atoms with van der Waals surface area (Å²) in [7, 11) is 2.00. The van der Waals surface area contributed by atoms with Gasteiger partial charge < -0.3 is 10.1 Å². The molecule has 1 N–H and O–H groups in total. The lowest BCUT2D eigenvalue weighted by atomic mass is 9.77. The minimum Gasteiger partial charge on any atom is -0.375 e. The highest BCUT2D eigenvalue weighted by Gasteiger charge is 2.36. The van der Waals surface area contributed by atoms with E-state index in [2.05, 4.69) is 12.2 Å². The van der Waals surface area contributed by atoms with Gasteiger partial charge >= 0.3 is 0 Å². The first-order valence-corrected chi connectivity index (χ1v) is 4.61. The summed E-state index contributed by atoms with van der Waals surface area (Å²) >= 11 is 0. The largest absolute Gasteiger partial charge is 0.375 e. The summed E-state index contributed by atoms with van der Waals surface area (Å²) in [6, 6.07) is 0. The van der Waals surface area contributed by atoms with Gasteiger partial charge in [-0.2, -0.15) is 0 Å². The zero-order chi connectivity index (χ0) is 8.16. The first kappa shape index (κ1) is 9.01. The molecule has 0 atom stereocenters. The summed E-state index contributed by atoms with van der Waals surface area (Å²) in [4.78, 5) is 0. The van der Waals surface area contributed by atoms with E-state index < -0.39 is 0 Å². The van der Waals surface area contributed by atoms with Crippen molar-refractivity contribution in [1.82, 2.24) is 5.32 Å². The van der Waals surface area contributed by atoms with E-state index in [4.69, 9.17) is 4.74 Å². The Balaban J connectivity index is 2.22. The molecule has 0 bridgehead atoms. The van der Waals surface area contributed by atoms with Gasteiger partial charge in [-0.05, 0) is 46.2 Å². The summed E-state index contributed by atoms with van der Waals surface area (Å²) in [5.41, 5.74) is 0.262. The third-order valence-corrected chi connectivity index (χ3v) is 2.55. The Morgan fingerprint density at radius 2 is 2.18 bits per heavy atom. The van der Waals surface area contributed by atoms with E-state index in [1.54, 1.807) is 0 Å². The normalized spacial score (nSPS) is 21.3. The highest BCUT2D eigenvalue weighted by Crippen LogP contribution is 2.38. The fraction of sp³-hybridized carbons (Fsp3) is 1.00. The molecule has 0 heterocycles. The van der Waals surface area contributed by atoms with Crippen LogP contribution in [0.2, 0.25) is 0 Å². The van der Waals surface area contributed by atoms with Crippen molar-refractivity contribution in [3.63, 3.8) is 0 Å². The third-order valence-electron chi connectivity index (χ3n) is 2.55. The molecule has 0 spiro atoms. The minimum absolute atomic E-state index is 0.262. The van der Waals surface area contributed by atoms with E-state index in [0.717, 1.165) is 13.2 Å². The average Bonchev–Trinajstić information content (AvgIpc) is 1.95. The van der Waals surface area contributed by atoms with Crippen molar-refractivity contribution in [2.24, 2.45) is 0 Å². The van der Waals surface area contributed by atoms with Gasteiger partial charge in [0.25, 0.3) is 0 Å². The molecule has 1 saturated carbocycles.